The molecule has 29 heavy (non-hydrogen) atoms. The Morgan fingerprint density at radius 3 is 2.83 bits per heavy atom. The van der Waals surface area contributed by atoms with E-state index in [0.717, 1.165) is 5.69 Å². The number of amides is 1. The summed E-state index contributed by atoms with van der Waals surface area (Å²) in [7, 11) is 0. The normalized spacial score (nSPS) is 15.0. The lowest BCUT2D eigenvalue weighted by Gasteiger charge is -2.25. The predicted octanol–water partition coefficient (Wildman–Crippen LogP) is 3.44. The average molecular weight is 411 g/mol. The summed E-state index contributed by atoms with van der Waals surface area (Å²) >= 11 is 1.30. The standard InChI is InChI=1S/C20H18FN5O2S/c1-12-7-8-13(9-15(12)21)24-16(27)10-29-20-25-17-18(22-11-23-19(17)28)26(20)14-5-3-2-4-6-14/h2-9,11,20,25H,10H2,1H3,(H,24,27)(H,22,23,28). The molecule has 0 aliphatic carbocycles. The molecule has 1 aliphatic rings. The number of halogens is 1. The second kappa shape index (κ2) is 7.96. The van der Waals surface area contributed by atoms with Gasteiger partial charge in [0.1, 0.15) is 11.5 Å². The van der Waals surface area contributed by atoms with Crippen molar-refractivity contribution in [3.63, 3.8) is 0 Å². The van der Waals surface area contributed by atoms with Gasteiger partial charge in [0.2, 0.25) is 5.91 Å². The first-order valence-corrected chi connectivity index (χ1v) is 9.94. The molecule has 4 rings (SSSR count). The van der Waals surface area contributed by atoms with E-state index >= 15 is 0 Å². The summed E-state index contributed by atoms with van der Waals surface area (Å²) in [6.07, 6.45) is 1.35. The van der Waals surface area contributed by atoms with Gasteiger partial charge in [-0.1, -0.05) is 24.3 Å². The number of para-hydroxylation sites is 1. The zero-order chi connectivity index (χ0) is 20.4. The number of carbonyl (C=O) groups is 1. The Kier molecular flexibility index (Phi) is 5.22. The van der Waals surface area contributed by atoms with E-state index in [-0.39, 0.29) is 23.0 Å². The van der Waals surface area contributed by atoms with Gasteiger partial charge in [0.15, 0.2) is 11.3 Å². The lowest BCUT2D eigenvalue weighted by atomic mass is 10.2. The summed E-state index contributed by atoms with van der Waals surface area (Å²) in [6.45, 7) is 1.66. The Bertz CT molecular complexity index is 1110. The highest BCUT2D eigenvalue weighted by Gasteiger charge is 2.33. The molecule has 1 aromatic heterocycles. The highest BCUT2D eigenvalue weighted by molar-refractivity contribution is 8.00. The van der Waals surface area contributed by atoms with Crippen molar-refractivity contribution in [3.8, 4) is 0 Å². The number of carbonyl (C=O) groups excluding carboxylic acids is 1. The average Bonchev–Trinajstić information content (AvgIpc) is 3.10. The van der Waals surface area contributed by atoms with Crippen molar-refractivity contribution in [3.05, 3.63) is 76.6 Å². The monoisotopic (exact) mass is 411 g/mol. The molecule has 1 unspecified atom stereocenters. The van der Waals surface area contributed by atoms with Crippen molar-refractivity contribution in [2.75, 3.05) is 21.3 Å². The number of thioether (sulfide) groups is 1. The second-order valence-electron chi connectivity index (χ2n) is 6.46. The molecule has 2 heterocycles. The molecule has 3 aromatic rings. The number of aromatic nitrogens is 2. The number of nitrogens with one attached hydrogen (secondary N) is 3. The van der Waals surface area contributed by atoms with Crippen LogP contribution in [-0.4, -0.2) is 27.1 Å². The van der Waals surface area contributed by atoms with E-state index in [2.05, 4.69) is 20.6 Å². The lowest BCUT2D eigenvalue weighted by molar-refractivity contribution is -0.113. The zero-order valence-corrected chi connectivity index (χ0v) is 16.3. The van der Waals surface area contributed by atoms with Crippen LogP contribution < -0.4 is 21.1 Å². The van der Waals surface area contributed by atoms with E-state index in [1.165, 1.54) is 24.2 Å². The summed E-state index contributed by atoms with van der Waals surface area (Å²) < 4.78 is 13.7. The summed E-state index contributed by atoms with van der Waals surface area (Å²) in [4.78, 5) is 33.2. The van der Waals surface area contributed by atoms with E-state index in [1.54, 1.807) is 19.1 Å². The molecular formula is C20H18FN5O2S. The van der Waals surface area contributed by atoms with Crippen LogP contribution in [0.25, 0.3) is 0 Å². The fourth-order valence-corrected chi connectivity index (χ4v) is 3.94. The van der Waals surface area contributed by atoms with Gasteiger partial charge in [-0.25, -0.2) is 9.37 Å². The van der Waals surface area contributed by atoms with Crippen molar-refractivity contribution < 1.29 is 9.18 Å². The maximum Gasteiger partial charge on any atom is 0.276 e. The van der Waals surface area contributed by atoms with Gasteiger partial charge in [0, 0.05) is 11.4 Å². The van der Waals surface area contributed by atoms with Gasteiger partial charge in [-0.3, -0.25) is 14.5 Å². The number of benzene rings is 2. The van der Waals surface area contributed by atoms with Gasteiger partial charge in [0.05, 0.1) is 12.1 Å². The van der Waals surface area contributed by atoms with Gasteiger partial charge in [-0.05, 0) is 36.8 Å². The smallest absolute Gasteiger partial charge is 0.276 e. The predicted molar refractivity (Wildman–Crippen MR) is 113 cm³/mol. The van der Waals surface area contributed by atoms with Crippen molar-refractivity contribution in [1.82, 2.24) is 9.97 Å². The molecule has 0 bridgehead atoms. The Labute approximate surface area is 170 Å². The van der Waals surface area contributed by atoms with E-state index < -0.39 is 5.50 Å². The van der Waals surface area contributed by atoms with Crippen molar-refractivity contribution >= 4 is 40.5 Å². The number of hydrogen-bond acceptors (Lipinski definition) is 6. The highest BCUT2D eigenvalue weighted by Crippen LogP contribution is 2.39. The number of hydrogen-bond donors (Lipinski definition) is 3. The molecule has 0 saturated carbocycles. The number of fused-ring (bicyclic) bond motifs is 1. The quantitative estimate of drug-likeness (QED) is 0.596. The van der Waals surface area contributed by atoms with Crippen molar-refractivity contribution in [2.24, 2.45) is 0 Å². The maximum absolute atomic E-state index is 13.7. The first-order chi connectivity index (χ1) is 14.0. The number of aromatic amines is 1. The summed E-state index contributed by atoms with van der Waals surface area (Å²) in [6, 6.07) is 14.1. The molecule has 2 aromatic carbocycles. The second-order valence-corrected chi connectivity index (χ2v) is 7.52. The molecule has 148 valence electrons. The third-order valence-corrected chi connectivity index (χ3v) is 5.50. The molecule has 0 spiro atoms. The molecule has 1 aliphatic heterocycles. The first kappa shape index (κ1) is 19.0. The number of H-pyrrole nitrogens is 1. The SMILES string of the molecule is Cc1ccc(NC(=O)CSC2Nc3c(nc[nH]c3=O)N2c2ccccc2)cc1F. The van der Waals surface area contributed by atoms with Crippen LogP contribution in [0.15, 0.2) is 59.7 Å². The van der Waals surface area contributed by atoms with Gasteiger partial charge < -0.3 is 15.6 Å². The summed E-state index contributed by atoms with van der Waals surface area (Å²) in [5, 5.41) is 5.82. The topological polar surface area (TPSA) is 90.1 Å². The zero-order valence-electron chi connectivity index (χ0n) is 15.5. The molecule has 3 N–H and O–H groups in total. The van der Waals surface area contributed by atoms with Gasteiger partial charge in [-0.15, -0.1) is 11.8 Å². The molecule has 0 fully saturated rings. The van der Waals surface area contributed by atoms with E-state index in [4.69, 9.17) is 0 Å². The van der Waals surface area contributed by atoms with E-state index in [1.807, 2.05) is 35.2 Å². The first-order valence-electron chi connectivity index (χ1n) is 8.89. The molecule has 0 radical (unpaired) electrons. The third-order valence-electron chi connectivity index (χ3n) is 4.43. The van der Waals surface area contributed by atoms with Crippen LogP contribution in [-0.2, 0) is 4.79 Å². The fourth-order valence-electron chi connectivity index (χ4n) is 2.99. The Morgan fingerprint density at radius 2 is 2.07 bits per heavy atom. The highest BCUT2D eigenvalue weighted by atomic mass is 32.2. The molecule has 1 amide bonds. The van der Waals surface area contributed by atoms with Crippen LogP contribution in [0.4, 0.5) is 27.3 Å². The van der Waals surface area contributed by atoms with Crippen LogP contribution in [0.2, 0.25) is 0 Å². The van der Waals surface area contributed by atoms with Crippen LogP contribution >= 0.6 is 11.8 Å². The largest absolute Gasteiger partial charge is 0.349 e. The van der Waals surface area contributed by atoms with Crippen molar-refractivity contribution in [1.29, 1.82) is 0 Å². The molecule has 7 nitrogen and oxygen atoms in total. The molecule has 0 saturated heterocycles. The Morgan fingerprint density at radius 1 is 1.28 bits per heavy atom. The van der Waals surface area contributed by atoms with Crippen molar-refractivity contribution in [2.45, 2.75) is 12.4 Å². The van der Waals surface area contributed by atoms with Crippen LogP contribution in [0.5, 0.6) is 0 Å². The lowest BCUT2D eigenvalue weighted by Crippen LogP contribution is -2.31. The Hall–Kier alpha value is -3.33. The number of nitrogens with zero attached hydrogens (tertiary/aromatic N) is 2. The van der Waals surface area contributed by atoms with E-state index in [9.17, 15) is 14.0 Å². The molecule has 9 heteroatoms. The minimum atomic E-state index is -0.399. The summed E-state index contributed by atoms with van der Waals surface area (Å²) in [5.41, 5.74) is 1.44. The number of aryl methyl sites for hydroxylation is 1. The van der Waals surface area contributed by atoms with Gasteiger partial charge in [0.25, 0.3) is 5.56 Å². The minimum Gasteiger partial charge on any atom is -0.349 e. The maximum atomic E-state index is 13.7. The van der Waals surface area contributed by atoms with E-state index in [0.29, 0.717) is 22.8 Å². The third kappa shape index (κ3) is 3.95. The Balaban J connectivity index is 1.50. The minimum absolute atomic E-state index is 0.0996. The number of rotatable bonds is 5. The number of anilines is 4. The molecule has 1 atom stereocenters. The summed E-state index contributed by atoms with van der Waals surface area (Å²) in [5.74, 6) is -0.0455. The van der Waals surface area contributed by atoms with Crippen LogP contribution in [0.1, 0.15) is 5.56 Å². The van der Waals surface area contributed by atoms with Gasteiger partial charge in [-0.2, -0.15) is 0 Å². The molecular weight excluding hydrogens is 393 g/mol. The van der Waals surface area contributed by atoms with Gasteiger partial charge >= 0.3 is 0 Å². The van der Waals surface area contributed by atoms with Crippen LogP contribution in [0, 0.1) is 12.7 Å². The fraction of sp³-hybridized carbons (Fsp3) is 0.150. The van der Waals surface area contributed by atoms with Crippen LogP contribution in [0.3, 0.4) is 0 Å².